The fourth-order valence-electron chi connectivity index (χ4n) is 2.24. The smallest absolute Gasteiger partial charge is 0.150 e. The summed E-state index contributed by atoms with van der Waals surface area (Å²) >= 11 is 0. The molecule has 1 heterocycles. The third kappa shape index (κ3) is 3.16. The highest BCUT2D eigenvalue weighted by Gasteiger charge is 2.33. The molecule has 1 saturated carbocycles. The van der Waals surface area contributed by atoms with Crippen molar-refractivity contribution in [1.82, 2.24) is 5.32 Å². The van der Waals surface area contributed by atoms with Gasteiger partial charge in [-0.05, 0) is 44.2 Å². The molecule has 0 aromatic rings. The summed E-state index contributed by atoms with van der Waals surface area (Å²) < 4.78 is 22.7. The van der Waals surface area contributed by atoms with Crippen molar-refractivity contribution in [3.8, 4) is 0 Å². The molecule has 1 aliphatic heterocycles. The topological polar surface area (TPSA) is 72.2 Å². The monoisotopic (exact) mass is 232 g/mol. The minimum absolute atomic E-state index is 0.284. The summed E-state index contributed by atoms with van der Waals surface area (Å²) in [5, 5.41) is 3.44. The molecule has 4 nitrogen and oxygen atoms in total. The fourth-order valence-corrected chi connectivity index (χ4v) is 4.16. The van der Waals surface area contributed by atoms with Gasteiger partial charge < -0.3 is 11.1 Å². The highest BCUT2D eigenvalue weighted by atomic mass is 32.2. The van der Waals surface area contributed by atoms with Crippen LogP contribution in [0.2, 0.25) is 0 Å². The van der Waals surface area contributed by atoms with Crippen LogP contribution in [0.4, 0.5) is 0 Å². The minimum Gasteiger partial charge on any atom is -0.330 e. The van der Waals surface area contributed by atoms with E-state index in [9.17, 15) is 8.42 Å². The standard InChI is InChI=1S/C10H20N2O2S/c11-5-9(6-12-10-1-2-10)8-3-4-15(13,14)7-8/h8-10,12H,1-7,11H2. The maximum absolute atomic E-state index is 11.4. The Bertz CT molecular complexity index is 311. The molecule has 15 heavy (non-hydrogen) atoms. The molecule has 1 saturated heterocycles. The molecule has 0 aromatic carbocycles. The fraction of sp³-hybridized carbons (Fsp3) is 1.00. The van der Waals surface area contributed by atoms with E-state index in [4.69, 9.17) is 5.73 Å². The molecular formula is C10H20N2O2S. The van der Waals surface area contributed by atoms with E-state index in [0.717, 1.165) is 13.0 Å². The first kappa shape index (κ1) is 11.4. The maximum Gasteiger partial charge on any atom is 0.150 e. The lowest BCUT2D eigenvalue weighted by Crippen LogP contribution is -2.35. The first-order valence-corrected chi connectivity index (χ1v) is 7.57. The van der Waals surface area contributed by atoms with E-state index in [1.807, 2.05) is 0 Å². The maximum atomic E-state index is 11.4. The molecule has 0 bridgehead atoms. The average Bonchev–Trinajstić information content (AvgIpc) is 2.92. The van der Waals surface area contributed by atoms with E-state index >= 15 is 0 Å². The zero-order chi connectivity index (χ0) is 10.9. The second-order valence-corrected chi connectivity index (χ2v) is 7.07. The lowest BCUT2D eigenvalue weighted by Gasteiger charge is -2.21. The van der Waals surface area contributed by atoms with Crippen LogP contribution in [0.25, 0.3) is 0 Å². The summed E-state index contributed by atoms with van der Waals surface area (Å²) in [7, 11) is -2.76. The molecular weight excluding hydrogens is 212 g/mol. The van der Waals surface area contributed by atoms with Crippen LogP contribution >= 0.6 is 0 Å². The van der Waals surface area contributed by atoms with Crippen LogP contribution in [0, 0.1) is 11.8 Å². The molecule has 3 N–H and O–H groups in total. The first-order chi connectivity index (χ1) is 7.11. The van der Waals surface area contributed by atoms with E-state index in [2.05, 4.69) is 5.32 Å². The van der Waals surface area contributed by atoms with Crippen molar-refractivity contribution in [2.45, 2.75) is 25.3 Å². The third-order valence-corrected chi connectivity index (χ3v) is 5.28. The van der Waals surface area contributed by atoms with Crippen LogP contribution in [-0.4, -0.2) is 39.1 Å². The zero-order valence-electron chi connectivity index (χ0n) is 8.98. The van der Waals surface area contributed by atoms with E-state index in [1.165, 1.54) is 12.8 Å². The molecule has 0 amide bonds. The van der Waals surface area contributed by atoms with Crippen molar-refractivity contribution in [2.75, 3.05) is 24.6 Å². The summed E-state index contributed by atoms with van der Waals surface area (Å²) in [6, 6.07) is 0.678. The Balaban J connectivity index is 1.83. The van der Waals surface area contributed by atoms with Crippen molar-refractivity contribution in [2.24, 2.45) is 17.6 Å². The number of rotatable bonds is 5. The third-order valence-electron chi connectivity index (χ3n) is 3.48. The van der Waals surface area contributed by atoms with Crippen LogP contribution in [0.3, 0.4) is 0 Å². The summed E-state index contributed by atoms with van der Waals surface area (Å²) in [5.41, 5.74) is 5.71. The number of hydrogen-bond donors (Lipinski definition) is 2. The average molecular weight is 232 g/mol. The van der Waals surface area contributed by atoms with E-state index in [1.54, 1.807) is 0 Å². The highest BCUT2D eigenvalue weighted by Crippen LogP contribution is 2.26. The molecule has 0 aromatic heterocycles. The molecule has 0 spiro atoms. The Morgan fingerprint density at radius 3 is 2.53 bits per heavy atom. The number of sulfone groups is 1. The number of nitrogens with two attached hydrogens (primary N) is 1. The van der Waals surface area contributed by atoms with E-state index in [-0.39, 0.29) is 5.92 Å². The summed E-state index contributed by atoms with van der Waals surface area (Å²) in [6.45, 7) is 1.49. The van der Waals surface area contributed by atoms with Gasteiger partial charge in [0.05, 0.1) is 11.5 Å². The molecule has 2 atom stereocenters. The molecule has 0 radical (unpaired) electrons. The van der Waals surface area contributed by atoms with Gasteiger partial charge in [-0.1, -0.05) is 0 Å². The van der Waals surface area contributed by atoms with Crippen LogP contribution in [0.5, 0.6) is 0 Å². The second kappa shape index (κ2) is 4.39. The Hall–Kier alpha value is -0.130. The molecule has 1 aliphatic carbocycles. The zero-order valence-corrected chi connectivity index (χ0v) is 9.80. The Kier molecular flexibility index (Phi) is 3.33. The van der Waals surface area contributed by atoms with Gasteiger partial charge in [0.2, 0.25) is 0 Å². The Morgan fingerprint density at radius 1 is 1.33 bits per heavy atom. The predicted octanol–water partition coefficient (Wildman–Crippen LogP) is -0.252. The van der Waals surface area contributed by atoms with Crippen molar-refractivity contribution in [1.29, 1.82) is 0 Å². The van der Waals surface area contributed by atoms with Crippen molar-refractivity contribution in [3.63, 3.8) is 0 Å². The van der Waals surface area contributed by atoms with Crippen LogP contribution < -0.4 is 11.1 Å². The van der Waals surface area contributed by atoms with Gasteiger partial charge in [-0.25, -0.2) is 8.42 Å². The van der Waals surface area contributed by atoms with Gasteiger partial charge in [-0.2, -0.15) is 0 Å². The van der Waals surface area contributed by atoms with Gasteiger partial charge in [-0.15, -0.1) is 0 Å². The SMILES string of the molecule is NCC(CNC1CC1)C1CCS(=O)(=O)C1. The van der Waals surface area contributed by atoms with Crippen molar-refractivity contribution >= 4 is 9.84 Å². The van der Waals surface area contributed by atoms with Gasteiger partial charge >= 0.3 is 0 Å². The van der Waals surface area contributed by atoms with Crippen LogP contribution in [0.15, 0.2) is 0 Å². The quantitative estimate of drug-likeness (QED) is 0.685. The van der Waals surface area contributed by atoms with Gasteiger partial charge in [0.1, 0.15) is 0 Å². The Labute approximate surface area is 91.5 Å². The van der Waals surface area contributed by atoms with Crippen LogP contribution in [0.1, 0.15) is 19.3 Å². The summed E-state index contributed by atoms with van der Waals surface area (Å²) in [4.78, 5) is 0. The molecule has 2 aliphatic rings. The second-order valence-electron chi connectivity index (χ2n) is 4.84. The van der Waals surface area contributed by atoms with Crippen molar-refractivity contribution in [3.05, 3.63) is 0 Å². The van der Waals surface area contributed by atoms with Gasteiger partial charge in [0.15, 0.2) is 9.84 Å². The number of hydrogen-bond acceptors (Lipinski definition) is 4. The minimum atomic E-state index is -2.76. The van der Waals surface area contributed by atoms with Gasteiger partial charge in [0, 0.05) is 6.04 Å². The Morgan fingerprint density at radius 2 is 2.07 bits per heavy atom. The molecule has 88 valence electrons. The normalized spacial score (nSPS) is 31.7. The van der Waals surface area contributed by atoms with Gasteiger partial charge in [-0.3, -0.25) is 0 Å². The highest BCUT2D eigenvalue weighted by molar-refractivity contribution is 7.91. The molecule has 2 fully saturated rings. The molecule has 5 heteroatoms. The molecule has 2 unspecified atom stereocenters. The number of nitrogens with one attached hydrogen (secondary N) is 1. The first-order valence-electron chi connectivity index (χ1n) is 5.74. The van der Waals surface area contributed by atoms with E-state index < -0.39 is 9.84 Å². The lowest BCUT2D eigenvalue weighted by atomic mass is 9.92. The molecule has 2 rings (SSSR count). The lowest BCUT2D eigenvalue weighted by molar-refractivity contribution is 0.352. The van der Waals surface area contributed by atoms with E-state index in [0.29, 0.717) is 30.0 Å². The largest absolute Gasteiger partial charge is 0.330 e. The van der Waals surface area contributed by atoms with Crippen LogP contribution in [-0.2, 0) is 9.84 Å². The summed E-state index contributed by atoms with van der Waals surface area (Å²) in [6.07, 6.45) is 3.33. The van der Waals surface area contributed by atoms with Crippen molar-refractivity contribution < 1.29 is 8.42 Å². The predicted molar refractivity (Wildman–Crippen MR) is 60.3 cm³/mol. The van der Waals surface area contributed by atoms with Gasteiger partial charge in [0.25, 0.3) is 0 Å². The summed E-state index contributed by atoms with van der Waals surface area (Å²) in [5.74, 6) is 1.33.